The largest absolute Gasteiger partial charge is 0.377 e. The number of anilines is 1. The van der Waals surface area contributed by atoms with Crippen LogP contribution in [0.4, 0.5) is 11.4 Å². The first-order chi connectivity index (χ1) is 13.1. The highest BCUT2D eigenvalue weighted by Crippen LogP contribution is 2.46. The number of non-ortho nitro benzene ring substituents is 1. The van der Waals surface area contributed by atoms with E-state index in [2.05, 4.69) is 25.2 Å². The van der Waals surface area contributed by atoms with Gasteiger partial charge >= 0.3 is 0 Å². The van der Waals surface area contributed by atoms with Crippen molar-refractivity contribution in [3.63, 3.8) is 0 Å². The topological polar surface area (TPSA) is 102 Å². The molecular formula is C19H23N3O5S. The maximum atomic E-state index is 12.8. The number of benzene rings is 2. The first kappa shape index (κ1) is 20.2. The highest BCUT2D eigenvalue weighted by Gasteiger charge is 2.37. The van der Waals surface area contributed by atoms with Crippen LogP contribution in [0.25, 0.3) is 0 Å². The van der Waals surface area contributed by atoms with Crippen molar-refractivity contribution in [2.24, 2.45) is 0 Å². The lowest BCUT2D eigenvalue weighted by Gasteiger charge is -2.22. The van der Waals surface area contributed by atoms with Gasteiger partial charge in [-0.2, -0.15) is 0 Å². The molecule has 0 bridgehead atoms. The Morgan fingerprint density at radius 2 is 1.93 bits per heavy atom. The molecule has 1 aliphatic carbocycles. The lowest BCUT2D eigenvalue weighted by molar-refractivity contribution is -0.385. The van der Waals surface area contributed by atoms with E-state index >= 15 is 0 Å². The first-order valence-electron chi connectivity index (χ1n) is 8.75. The minimum Gasteiger partial charge on any atom is -0.377 e. The summed E-state index contributed by atoms with van der Waals surface area (Å²) in [6.07, 6.45) is 0.767. The Hall–Kier alpha value is -2.49. The molecule has 2 aromatic carbocycles. The average Bonchev–Trinajstić information content (AvgIpc) is 2.91. The zero-order valence-corrected chi connectivity index (χ0v) is 17.0. The summed E-state index contributed by atoms with van der Waals surface area (Å²) in [5, 5.41) is 14.5. The van der Waals surface area contributed by atoms with Gasteiger partial charge in [0.25, 0.3) is 15.7 Å². The van der Waals surface area contributed by atoms with E-state index in [9.17, 15) is 18.5 Å². The molecule has 1 aliphatic rings. The molecule has 0 aliphatic heterocycles. The molecule has 1 unspecified atom stereocenters. The normalized spacial score (nSPS) is 18.1. The summed E-state index contributed by atoms with van der Waals surface area (Å²) in [5.41, 5.74) is 2.21. The van der Waals surface area contributed by atoms with Gasteiger partial charge in [-0.1, -0.05) is 42.6 Å². The summed E-state index contributed by atoms with van der Waals surface area (Å²) in [7, 11) is -1.62. The minimum atomic E-state index is -4.08. The van der Waals surface area contributed by atoms with Gasteiger partial charge in [-0.15, -0.1) is 0 Å². The monoisotopic (exact) mass is 405 g/mol. The SMILES string of the molecule is CON(C)S(=O)(=O)c1cc([N+](=O)[O-])ccc1NC1CC(C)(C)c2ccccc21. The Morgan fingerprint density at radius 1 is 1.25 bits per heavy atom. The van der Waals surface area contributed by atoms with Crippen LogP contribution in [-0.2, 0) is 20.3 Å². The van der Waals surface area contributed by atoms with Crippen LogP contribution < -0.4 is 5.32 Å². The molecule has 8 nitrogen and oxygen atoms in total. The fourth-order valence-corrected chi connectivity index (χ4v) is 4.81. The van der Waals surface area contributed by atoms with Gasteiger partial charge in [0.1, 0.15) is 4.90 Å². The number of fused-ring (bicyclic) bond motifs is 1. The zero-order valence-electron chi connectivity index (χ0n) is 16.2. The molecule has 0 saturated heterocycles. The highest BCUT2D eigenvalue weighted by atomic mass is 32.2. The van der Waals surface area contributed by atoms with Crippen LogP contribution in [0.3, 0.4) is 0 Å². The molecule has 0 heterocycles. The second-order valence-electron chi connectivity index (χ2n) is 7.41. The quantitative estimate of drug-likeness (QED) is 0.582. The molecule has 0 fully saturated rings. The van der Waals surface area contributed by atoms with Gasteiger partial charge in [-0.3, -0.25) is 15.0 Å². The lowest BCUT2D eigenvalue weighted by atomic mass is 9.86. The van der Waals surface area contributed by atoms with E-state index in [-0.39, 0.29) is 22.0 Å². The number of hydrogen-bond donors (Lipinski definition) is 1. The number of rotatable bonds is 6. The molecule has 2 aromatic rings. The van der Waals surface area contributed by atoms with Crippen molar-refractivity contribution in [2.75, 3.05) is 19.5 Å². The minimum absolute atomic E-state index is 0.0720. The molecule has 3 rings (SSSR count). The van der Waals surface area contributed by atoms with E-state index in [0.29, 0.717) is 10.2 Å². The standard InChI is InChI=1S/C19H23N3O5S/c1-19(2)12-17(14-7-5-6-8-15(14)19)20-16-10-9-13(22(23)24)11-18(16)28(25,26)21(3)27-4/h5-11,17,20H,12H2,1-4H3. The second kappa shape index (κ2) is 7.16. The van der Waals surface area contributed by atoms with Gasteiger partial charge in [0.05, 0.1) is 23.8 Å². The third-order valence-electron chi connectivity index (χ3n) is 5.16. The van der Waals surface area contributed by atoms with Crippen LogP contribution in [-0.4, -0.2) is 32.0 Å². The Balaban J connectivity index is 2.07. The maximum Gasteiger partial charge on any atom is 0.270 e. The van der Waals surface area contributed by atoms with E-state index in [4.69, 9.17) is 4.84 Å². The van der Waals surface area contributed by atoms with Crippen molar-refractivity contribution < 1.29 is 18.2 Å². The smallest absolute Gasteiger partial charge is 0.270 e. The summed E-state index contributed by atoms with van der Waals surface area (Å²) < 4.78 is 26.4. The van der Waals surface area contributed by atoms with Gasteiger partial charge in [0.15, 0.2) is 0 Å². The predicted molar refractivity (Wildman–Crippen MR) is 106 cm³/mol. The van der Waals surface area contributed by atoms with Gasteiger partial charge in [0, 0.05) is 19.2 Å². The van der Waals surface area contributed by atoms with Crippen LogP contribution in [0, 0.1) is 10.1 Å². The van der Waals surface area contributed by atoms with Crippen LogP contribution in [0.15, 0.2) is 47.4 Å². The molecule has 0 aromatic heterocycles. The number of nitro benzene ring substituents is 1. The van der Waals surface area contributed by atoms with E-state index in [1.807, 2.05) is 18.2 Å². The van der Waals surface area contributed by atoms with Crippen molar-refractivity contribution in [1.29, 1.82) is 0 Å². The fourth-order valence-electron chi connectivity index (χ4n) is 3.66. The summed E-state index contributed by atoms with van der Waals surface area (Å²) in [4.78, 5) is 15.2. The van der Waals surface area contributed by atoms with E-state index in [1.54, 1.807) is 0 Å². The number of hydrogen-bond acceptors (Lipinski definition) is 6. The molecule has 0 radical (unpaired) electrons. The molecule has 1 atom stereocenters. The Labute approximate surface area is 164 Å². The van der Waals surface area contributed by atoms with Gasteiger partial charge in [0.2, 0.25) is 0 Å². The number of sulfonamides is 1. The zero-order chi connectivity index (χ0) is 20.7. The number of nitro groups is 1. The Bertz CT molecular complexity index is 1020. The van der Waals surface area contributed by atoms with Gasteiger partial charge in [-0.25, -0.2) is 8.42 Å². The molecule has 150 valence electrons. The second-order valence-corrected chi connectivity index (χ2v) is 9.31. The summed E-state index contributed by atoms with van der Waals surface area (Å²) >= 11 is 0. The number of nitrogens with zero attached hydrogens (tertiary/aromatic N) is 2. The Morgan fingerprint density at radius 3 is 2.57 bits per heavy atom. The first-order valence-corrected chi connectivity index (χ1v) is 10.2. The molecule has 9 heteroatoms. The van der Waals surface area contributed by atoms with Crippen molar-refractivity contribution >= 4 is 21.4 Å². The molecule has 1 N–H and O–H groups in total. The molecule has 28 heavy (non-hydrogen) atoms. The van der Waals surface area contributed by atoms with Crippen molar-refractivity contribution in [3.05, 3.63) is 63.7 Å². The third-order valence-corrected chi connectivity index (χ3v) is 6.88. The van der Waals surface area contributed by atoms with Crippen molar-refractivity contribution in [3.8, 4) is 0 Å². The van der Waals surface area contributed by atoms with Crippen LogP contribution in [0.1, 0.15) is 37.4 Å². The number of hydroxylamine groups is 1. The lowest BCUT2D eigenvalue weighted by Crippen LogP contribution is -2.27. The van der Waals surface area contributed by atoms with Crippen molar-refractivity contribution in [2.45, 2.75) is 36.6 Å². The molecule has 0 amide bonds. The third kappa shape index (κ3) is 3.48. The Kier molecular flexibility index (Phi) is 5.18. The summed E-state index contributed by atoms with van der Waals surface area (Å²) in [6, 6.07) is 11.7. The van der Waals surface area contributed by atoms with Crippen LogP contribution in [0.2, 0.25) is 0 Å². The summed E-state index contributed by atoms with van der Waals surface area (Å²) in [6.45, 7) is 4.28. The van der Waals surface area contributed by atoms with Crippen LogP contribution >= 0.6 is 0 Å². The van der Waals surface area contributed by atoms with E-state index in [0.717, 1.165) is 18.1 Å². The molecular weight excluding hydrogens is 382 g/mol. The van der Waals surface area contributed by atoms with E-state index < -0.39 is 14.9 Å². The average molecular weight is 405 g/mol. The molecule has 0 spiro atoms. The maximum absolute atomic E-state index is 12.8. The fraction of sp³-hybridized carbons (Fsp3) is 0.368. The van der Waals surface area contributed by atoms with Gasteiger partial charge in [-0.05, 0) is 29.0 Å². The van der Waals surface area contributed by atoms with E-state index in [1.165, 1.54) is 31.9 Å². The van der Waals surface area contributed by atoms with Crippen LogP contribution in [0.5, 0.6) is 0 Å². The number of nitrogens with one attached hydrogen (secondary N) is 1. The predicted octanol–water partition coefficient (Wildman–Crippen LogP) is 3.61. The summed E-state index contributed by atoms with van der Waals surface area (Å²) in [5.74, 6) is 0. The van der Waals surface area contributed by atoms with Gasteiger partial charge < -0.3 is 5.32 Å². The van der Waals surface area contributed by atoms with Crippen molar-refractivity contribution in [1.82, 2.24) is 4.47 Å². The molecule has 0 saturated carbocycles. The highest BCUT2D eigenvalue weighted by molar-refractivity contribution is 7.89.